The first-order valence-corrected chi connectivity index (χ1v) is 7.90. The lowest BCUT2D eigenvalue weighted by Crippen LogP contribution is -2.11. The summed E-state index contributed by atoms with van der Waals surface area (Å²) in [6.07, 6.45) is 15.6. The molecule has 0 aromatic carbocycles. The van der Waals surface area contributed by atoms with E-state index in [1.54, 1.807) is 0 Å². The summed E-state index contributed by atoms with van der Waals surface area (Å²) in [5.41, 5.74) is 3.76. The van der Waals surface area contributed by atoms with E-state index in [1.165, 1.54) is 61.9 Å². The van der Waals surface area contributed by atoms with Crippen LogP contribution in [0.2, 0.25) is 0 Å². The zero-order chi connectivity index (χ0) is 13.4. The Bertz CT molecular complexity index is 596. The minimum absolute atomic E-state index is 0.408. The summed E-state index contributed by atoms with van der Waals surface area (Å²) in [6, 6.07) is 4.61. The molecule has 3 heteroatoms. The van der Waals surface area contributed by atoms with Crippen LogP contribution >= 0.6 is 0 Å². The van der Waals surface area contributed by atoms with Gasteiger partial charge in [0.05, 0.1) is 30.0 Å². The number of aromatic nitrogens is 3. The van der Waals surface area contributed by atoms with Gasteiger partial charge in [-0.05, 0) is 30.9 Å². The quantitative estimate of drug-likeness (QED) is 0.834. The van der Waals surface area contributed by atoms with Crippen LogP contribution in [0.5, 0.6) is 0 Å². The van der Waals surface area contributed by atoms with Gasteiger partial charge in [0.15, 0.2) is 0 Å². The number of nitrogens with zero attached hydrogens (tertiary/aromatic N) is 3. The van der Waals surface area contributed by atoms with E-state index in [0.717, 1.165) is 5.92 Å². The van der Waals surface area contributed by atoms with Gasteiger partial charge in [-0.1, -0.05) is 32.1 Å². The van der Waals surface area contributed by atoms with E-state index in [0.29, 0.717) is 6.04 Å². The highest BCUT2D eigenvalue weighted by atomic mass is 15.1. The van der Waals surface area contributed by atoms with Crippen LogP contribution in [-0.2, 0) is 0 Å². The fourth-order valence-electron chi connectivity index (χ4n) is 3.94. The Morgan fingerprint density at radius 2 is 2.05 bits per heavy atom. The Morgan fingerprint density at radius 1 is 1.15 bits per heavy atom. The van der Waals surface area contributed by atoms with Crippen molar-refractivity contribution in [2.45, 2.75) is 51.0 Å². The summed E-state index contributed by atoms with van der Waals surface area (Å²) in [6.45, 7) is 0. The van der Waals surface area contributed by atoms with Crippen molar-refractivity contribution in [1.29, 1.82) is 0 Å². The number of pyridine rings is 1. The van der Waals surface area contributed by atoms with Crippen LogP contribution < -0.4 is 0 Å². The molecule has 0 unspecified atom stereocenters. The van der Waals surface area contributed by atoms with Crippen molar-refractivity contribution in [3.8, 4) is 11.3 Å². The van der Waals surface area contributed by atoms with Crippen molar-refractivity contribution in [3.05, 3.63) is 36.5 Å². The lowest BCUT2D eigenvalue weighted by Gasteiger charge is -2.23. The molecule has 4 rings (SSSR count). The molecule has 0 amide bonds. The van der Waals surface area contributed by atoms with Gasteiger partial charge in [-0.25, -0.2) is 4.98 Å². The molecule has 1 aliphatic heterocycles. The third-order valence-electron chi connectivity index (χ3n) is 5.01. The number of rotatable bonds is 3. The second-order valence-electron chi connectivity index (χ2n) is 6.22. The van der Waals surface area contributed by atoms with E-state index in [-0.39, 0.29) is 0 Å². The average Bonchev–Trinajstić information content (AvgIpc) is 3.07. The molecule has 0 radical (unpaired) electrons. The Balaban J connectivity index is 1.56. The van der Waals surface area contributed by atoms with Crippen LogP contribution in [-0.4, -0.2) is 14.5 Å². The average molecular weight is 267 g/mol. The highest BCUT2D eigenvalue weighted by Crippen LogP contribution is 2.41. The van der Waals surface area contributed by atoms with Crippen LogP contribution in [0.15, 0.2) is 30.9 Å². The molecule has 1 atom stereocenters. The first-order valence-electron chi connectivity index (χ1n) is 7.90. The summed E-state index contributed by atoms with van der Waals surface area (Å²) >= 11 is 0. The molecule has 3 nitrogen and oxygen atoms in total. The summed E-state index contributed by atoms with van der Waals surface area (Å²) < 4.78 is 2.32. The van der Waals surface area contributed by atoms with E-state index in [9.17, 15) is 0 Å². The predicted molar refractivity (Wildman–Crippen MR) is 79.4 cm³/mol. The molecular weight excluding hydrogens is 246 g/mol. The zero-order valence-electron chi connectivity index (χ0n) is 11.8. The van der Waals surface area contributed by atoms with Crippen LogP contribution in [0, 0.1) is 5.92 Å². The molecule has 0 saturated heterocycles. The van der Waals surface area contributed by atoms with Crippen molar-refractivity contribution >= 4 is 0 Å². The maximum atomic E-state index is 4.64. The second-order valence-corrected chi connectivity index (χ2v) is 6.22. The molecule has 0 bridgehead atoms. The van der Waals surface area contributed by atoms with Gasteiger partial charge < -0.3 is 4.57 Å². The maximum Gasteiger partial charge on any atom is 0.0957 e. The van der Waals surface area contributed by atoms with Gasteiger partial charge in [-0.3, -0.25) is 4.98 Å². The van der Waals surface area contributed by atoms with Crippen LogP contribution in [0.25, 0.3) is 11.3 Å². The van der Waals surface area contributed by atoms with E-state index in [1.807, 2.05) is 24.8 Å². The van der Waals surface area contributed by atoms with Gasteiger partial charge in [0.2, 0.25) is 0 Å². The molecule has 1 fully saturated rings. The maximum absolute atomic E-state index is 4.64. The van der Waals surface area contributed by atoms with E-state index in [4.69, 9.17) is 0 Å². The smallest absolute Gasteiger partial charge is 0.0957 e. The van der Waals surface area contributed by atoms with Gasteiger partial charge in [-0.15, -0.1) is 0 Å². The molecule has 2 aromatic heterocycles. The lowest BCUT2D eigenvalue weighted by molar-refractivity contribution is 0.317. The number of fused-ring (bicyclic) bond motifs is 3. The minimum atomic E-state index is 0.408. The van der Waals surface area contributed by atoms with E-state index >= 15 is 0 Å². The summed E-state index contributed by atoms with van der Waals surface area (Å²) in [4.78, 5) is 8.97. The highest BCUT2D eigenvalue weighted by molar-refractivity contribution is 5.66. The summed E-state index contributed by atoms with van der Waals surface area (Å²) in [7, 11) is 0. The van der Waals surface area contributed by atoms with Crippen molar-refractivity contribution in [3.63, 3.8) is 0 Å². The molecule has 2 aromatic rings. The molecule has 3 heterocycles. The normalized spacial score (nSPS) is 21.7. The van der Waals surface area contributed by atoms with Gasteiger partial charge in [-0.2, -0.15) is 0 Å². The largest absolute Gasteiger partial charge is 0.321 e. The number of hydrogen-bond acceptors (Lipinski definition) is 2. The van der Waals surface area contributed by atoms with Crippen LogP contribution in [0.3, 0.4) is 0 Å². The monoisotopic (exact) mass is 267 g/mol. The zero-order valence-corrected chi connectivity index (χ0v) is 11.8. The van der Waals surface area contributed by atoms with Gasteiger partial charge >= 0.3 is 0 Å². The fraction of sp³-hybridized carbons (Fsp3) is 0.529. The van der Waals surface area contributed by atoms with Crippen molar-refractivity contribution in [2.75, 3.05) is 0 Å². The van der Waals surface area contributed by atoms with E-state index < -0.39 is 0 Å². The van der Waals surface area contributed by atoms with Crippen molar-refractivity contribution in [2.24, 2.45) is 5.92 Å². The predicted octanol–water partition coefficient (Wildman–Crippen LogP) is 4.21. The second kappa shape index (κ2) is 5.04. The Kier molecular flexibility index (Phi) is 3.06. The van der Waals surface area contributed by atoms with Crippen molar-refractivity contribution in [1.82, 2.24) is 14.5 Å². The van der Waals surface area contributed by atoms with Gasteiger partial charge in [0.25, 0.3) is 0 Å². The lowest BCUT2D eigenvalue weighted by atomic mass is 9.85. The van der Waals surface area contributed by atoms with Gasteiger partial charge in [0, 0.05) is 11.8 Å². The highest BCUT2D eigenvalue weighted by Gasteiger charge is 2.29. The van der Waals surface area contributed by atoms with Gasteiger partial charge in [0.1, 0.15) is 0 Å². The Morgan fingerprint density at radius 3 is 2.95 bits per heavy atom. The number of imidazole rings is 1. The molecule has 1 aliphatic carbocycles. The molecule has 104 valence electrons. The number of hydrogen-bond donors (Lipinski definition) is 0. The SMILES string of the molecule is c1cnc2c(c1)-c1cncn1[C@@H]2CCC1CCCCC1. The molecule has 0 spiro atoms. The Hall–Kier alpha value is -1.64. The molecule has 20 heavy (non-hydrogen) atoms. The molecule has 2 aliphatic rings. The third-order valence-corrected chi connectivity index (χ3v) is 5.01. The first-order chi connectivity index (χ1) is 9.93. The van der Waals surface area contributed by atoms with Crippen LogP contribution in [0.1, 0.15) is 56.7 Å². The molecule has 0 N–H and O–H groups in total. The standard InChI is InChI=1S/C17H21N3/c1-2-5-13(6-3-1)8-9-15-17-14(7-4-10-19-17)16-11-18-12-20(15)16/h4,7,10-13,15H,1-3,5-6,8-9H2/t15-/m1/s1. The molecule has 1 saturated carbocycles. The topological polar surface area (TPSA) is 30.7 Å². The van der Waals surface area contributed by atoms with Crippen LogP contribution in [0.4, 0.5) is 0 Å². The minimum Gasteiger partial charge on any atom is -0.321 e. The fourth-order valence-corrected chi connectivity index (χ4v) is 3.94. The third kappa shape index (κ3) is 1.96. The summed E-state index contributed by atoms with van der Waals surface area (Å²) in [5, 5.41) is 0. The van der Waals surface area contributed by atoms with Crippen molar-refractivity contribution < 1.29 is 0 Å². The first kappa shape index (κ1) is 12.1. The molecular formula is C17H21N3. The Labute approximate surface area is 120 Å². The van der Waals surface area contributed by atoms with E-state index in [2.05, 4.69) is 20.6 Å². The summed E-state index contributed by atoms with van der Waals surface area (Å²) in [5.74, 6) is 0.934.